The third-order valence-electron chi connectivity index (χ3n) is 5.50. The number of rotatable bonds is 7. The van der Waals surface area contributed by atoms with Gasteiger partial charge < -0.3 is 15.4 Å². The van der Waals surface area contributed by atoms with Gasteiger partial charge in [-0.25, -0.2) is 13.6 Å². The number of pyridine rings is 1. The van der Waals surface area contributed by atoms with E-state index in [0.29, 0.717) is 17.8 Å². The molecular formula is C25H30F2N4O2. The van der Waals surface area contributed by atoms with Gasteiger partial charge in [0.1, 0.15) is 17.2 Å². The molecule has 0 amide bonds. The maximum Gasteiger partial charge on any atom is 0.338 e. The minimum Gasteiger partial charge on any atom is -0.465 e. The summed E-state index contributed by atoms with van der Waals surface area (Å²) in [7, 11) is 1.25. The Morgan fingerprint density at radius 3 is 2.82 bits per heavy atom. The number of unbranched alkanes of at least 4 members (excludes halogenated alkanes) is 1. The molecule has 2 heterocycles. The number of benzene rings is 1. The molecule has 0 spiro atoms. The number of amidine groups is 1. The van der Waals surface area contributed by atoms with Gasteiger partial charge in [0.25, 0.3) is 0 Å². The number of esters is 1. The number of carbonyl (C=O) groups is 1. The second-order valence-corrected chi connectivity index (χ2v) is 7.94. The van der Waals surface area contributed by atoms with E-state index < -0.39 is 17.6 Å². The zero-order valence-electron chi connectivity index (χ0n) is 19.3. The smallest absolute Gasteiger partial charge is 0.338 e. The first-order valence-corrected chi connectivity index (χ1v) is 11.2. The quantitative estimate of drug-likeness (QED) is 0.268. The van der Waals surface area contributed by atoms with Crippen molar-refractivity contribution in [3.8, 4) is 0 Å². The molecule has 2 aromatic rings. The zero-order chi connectivity index (χ0) is 23.8. The number of aliphatic imine (C=N–C) groups is 1. The summed E-state index contributed by atoms with van der Waals surface area (Å²) in [6, 6.07) is 4.48. The number of nitrogens with zero attached hydrogens (tertiary/aromatic N) is 2. The minimum absolute atomic E-state index is 0.0314. The second kappa shape index (κ2) is 11.7. The molecule has 6 nitrogen and oxygen atoms in total. The molecule has 0 aliphatic carbocycles. The SMILES string of the molecule is CCC/C=C(/C(F)=C\NC(C)=NC1CCNCC1)c1cc(F)c2nccc(C(=O)OC)c2c1. The van der Waals surface area contributed by atoms with Gasteiger partial charge in [-0.15, -0.1) is 0 Å². The number of nitrogens with one attached hydrogen (secondary N) is 2. The van der Waals surface area contributed by atoms with Crippen LogP contribution in [0.25, 0.3) is 16.5 Å². The number of ether oxygens (including phenoxy) is 1. The van der Waals surface area contributed by atoms with Crippen LogP contribution in [0.2, 0.25) is 0 Å². The van der Waals surface area contributed by atoms with Gasteiger partial charge in [-0.3, -0.25) is 9.98 Å². The number of fused-ring (bicyclic) bond motifs is 1. The van der Waals surface area contributed by atoms with Crippen LogP contribution in [0.3, 0.4) is 0 Å². The fourth-order valence-electron chi connectivity index (χ4n) is 3.79. The summed E-state index contributed by atoms with van der Waals surface area (Å²) in [6.45, 7) is 5.62. The van der Waals surface area contributed by atoms with Crippen LogP contribution >= 0.6 is 0 Å². The zero-order valence-corrected chi connectivity index (χ0v) is 19.3. The van der Waals surface area contributed by atoms with Gasteiger partial charge in [-0.2, -0.15) is 0 Å². The average molecular weight is 457 g/mol. The Kier molecular flexibility index (Phi) is 8.65. The molecule has 176 valence electrons. The van der Waals surface area contributed by atoms with Crippen molar-refractivity contribution in [2.75, 3.05) is 20.2 Å². The van der Waals surface area contributed by atoms with E-state index in [-0.39, 0.29) is 28.1 Å². The van der Waals surface area contributed by atoms with Crippen molar-refractivity contribution >= 4 is 28.3 Å². The Balaban J connectivity index is 1.96. The van der Waals surface area contributed by atoms with Gasteiger partial charge in [0.2, 0.25) is 0 Å². The van der Waals surface area contributed by atoms with Crippen LogP contribution in [0.1, 0.15) is 55.5 Å². The Morgan fingerprint density at radius 1 is 1.36 bits per heavy atom. The lowest BCUT2D eigenvalue weighted by atomic mass is 9.98. The maximum absolute atomic E-state index is 15.3. The molecule has 3 rings (SSSR count). The van der Waals surface area contributed by atoms with Gasteiger partial charge in [-0.05, 0) is 63.0 Å². The first-order valence-electron chi connectivity index (χ1n) is 11.2. The molecule has 0 atom stereocenters. The normalized spacial score (nSPS) is 16.2. The molecular weight excluding hydrogens is 426 g/mol. The number of halogens is 2. The summed E-state index contributed by atoms with van der Waals surface area (Å²) in [5, 5.41) is 6.48. The van der Waals surface area contributed by atoms with Gasteiger partial charge >= 0.3 is 5.97 Å². The Labute approximate surface area is 192 Å². The molecule has 33 heavy (non-hydrogen) atoms. The van der Waals surface area contributed by atoms with Crippen LogP contribution in [0.15, 0.2) is 47.5 Å². The first-order chi connectivity index (χ1) is 15.9. The Hall–Kier alpha value is -3.13. The molecule has 1 aliphatic heterocycles. The molecule has 1 fully saturated rings. The highest BCUT2D eigenvalue weighted by Gasteiger charge is 2.18. The number of aromatic nitrogens is 1. The number of carbonyl (C=O) groups excluding carboxylic acids is 1. The van der Waals surface area contributed by atoms with Crippen LogP contribution in [-0.2, 0) is 4.74 Å². The van der Waals surface area contributed by atoms with E-state index in [0.717, 1.165) is 32.4 Å². The molecule has 1 aromatic heterocycles. The fraction of sp³-hybridized carbons (Fsp3) is 0.400. The van der Waals surface area contributed by atoms with Gasteiger partial charge in [0.15, 0.2) is 0 Å². The number of hydrogen-bond acceptors (Lipinski definition) is 5. The Morgan fingerprint density at radius 2 is 2.12 bits per heavy atom. The van der Waals surface area contributed by atoms with Gasteiger partial charge in [-0.1, -0.05) is 19.4 Å². The van der Waals surface area contributed by atoms with Crippen molar-refractivity contribution in [2.24, 2.45) is 4.99 Å². The van der Waals surface area contributed by atoms with E-state index >= 15 is 4.39 Å². The highest BCUT2D eigenvalue weighted by atomic mass is 19.1. The summed E-state index contributed by atoms with van der Waals surface area (Å²) in [5.41, 5.74) is 0.754. The molecule has 8 heteroatoms. The van der Waals surface area contributed by atoms with Crippen molar-refractivity contribution in [2.45, 2.75) is 45.6 Å². The maximum atomic E-state index is 15.3. The second-order valence-electron chi connectivity index (χ2n) is 7.94. The lowest BCUT2D eigenvalue weighted by Crippen LogP contribution is -2.31. The predicted molar refractivity (Wildman–Crippen MR) is 127 cm³/mol. The molecule has 0 unspecified atom stereocenters. The summed E-state index contributed by atoms with van der Waals surface area (Å²) in [6.07, 6.45) is 7.61. The average Bonchev–Trinajstić information content (AvgIpc) is 2.83. The summed E-state index contributed by atoms with van der Waals surface area (Å²) >= 11 is 0. The van der Waals surface area contributed by atoms with E-state index in [1.54, 1.807) is 19.1 Å². The first kappa shape index (κ1) is 24.5. The van der Waals surface area contributed by atoms with Crippen LogP contribution in [0.5, 0.6) is 0 Å². The largest absolute Gasteiger partial charge is 0.465 e. The molecule has 1 saturated heterocycles. The monoisotopic (exact) mass is 456 g/mol. The van der Waals surface area contributed by atoms with Crippen molar-refractivity contribution in [3.63, 3.8) is 0 Å². The third kappa shape index (κ3) is 6.22. The number of allylic oxidation sites excluding steroid dienone is 3. The lowest BCUT2D eigenvalue weighted by molar-refractivity contribution is 0.0603. The highest BCUT2D eigenvalue weighted by molar-refractivity contribution is 6.04. The van der Waals surface area contributed by atoms with Crippen molar-refractivity contribution in [1.82, 2.24) is 15.6 Å². The molecule has 0 radical (unpaired) electrons. The minimum atomic E-state index is -0.639. The molecule has 0 bridgehead atoms. The Bertz CT molecular complexity index is 1090. The lowest BCUT2D eigenvalue weighted by Gasteiger charge is -2.19. The van der Waals surface area contributed by atoms with Gasteiger partial charge in [0, 0.05) is 23.4 Å². The van der Waals surface area contributed by atoms with Crippen LogP contribution in [0, 0.1) is 5.82 Å². The molecule has 2 N–H and O–H groups in total. The van der Waals surface area contributed by atoms with E-state index in [4.69, 9.17) is 4.74 Å². The van der Waals surface area contributed by atoms with Crippen LogP contribution in [-0.4, -0.2) is 43.0 Å². The molecule has 1 aromatic carbocycles. The summed E-state index contributed by atoms with van der Waals surface area (Å²) < 4.78 is 35.0. The molecule has 0 saturated carbocycles. The summed E-state index contributed by atoms with van der Waals surface area (Å²) in [4.78, 5) is 20.8. The van der Waals surface area contributed by atoms with Crippen molar-refractivity contribution in [3.05, 3.63) is 59.4 Å². The van der Waals surface area contributed by atoms with Crippen molar-refractivity contribution < 1.29 is 18.3 Å². The topological polar surface area (TPSA) is 75.6 Å². The van der Waals surface area contributed by atoms with E-state index in [9.17, 15) is 9.18 Å². The predicted octanol–water partition coefficient (Wildman–Crippen LogP) is 4.91. The number of piperidine rings is 1. The fourth-order valence-corrected chi connectivity index (χ4v) is 3.79. The molecule has 1 aliphatic rings. The van der Waals surface area contributed by atoms with E-state index in [2.05, 4.69) is 20.6 Å². The van der Waals surface area contributed by atoms with E-state index in [1.165, 1.54) is 31.6 Å². The summed E-state index contributed by atoms with van der Waals surface area (Å²) in [5.74, 6) is -1.18. The highest BCUT2D eigenvalue weighted by Crippen LogP contribution is 2.30. The van der Waals surface area contributed by atoms with Crippen LogP contribution < -0.4 is 10.6 Å². The van der Waals surface area contributed by atoms with Crippen LogP contribution in [0.4, 0.5) is 8.78 Å². The standard InChI is InChI=1S/C25H30F2N4O2/c1-4-5-6-19(23(27)15-30-16(2)31-18-7-10-28-11-8-18)17-13-21-20(25(32)33-3)9-12-29-24(21)22(26)14-17/h6,9,12-15,18,28H,4-5,7-8,10-11H2,1-3H3,(H,30,31)/b19-6+,23-15+. The third-order valence-corrected chi connectivity index (χ3v) is 5.50. The van der Waals surface area contributed by atoms with Gasteiger partial charge in [0.05, 0.1) is 24.6 Å². The number of methoxy groups -OCH3 is 1. The van der Waals surface area contributed by atoms with E-state index in [1.807, 2.05) is 6.92 Å². The number of hydrogen-bond donors (Lipinski definition) is 2. The van der Waals surface area contributed by atoms with Crippen molar-refractivity contribution in [1.29, 1.82) is 0 Å².